The summed E-state index contributed by atoms with van der Waals surface area (Å²) in [6.07, 6.45) is 0.728. The Bertz CT molecular complexity index is 256. The number of nitrogens with two attached hydrogens (primary N) is 1. The van der Waals surface area contributed by atoms with Crippen LogP contribution in [0.15, 0.2) is 0 Å². The molecule has 1 fully saturated rings. The predicted octanol–water partition coefficient (Wildman–Crippen LogP) is 0.406. The van der Waals surface area contributed by atoms with E-state index in [1.165, 1.54) is 0 Å². The molecule has 72 valence electrons. The Morgan fingerprint density at radius 3 is 2.50 bits per heavy atom. The molecule has 1 heterocycles. The maximum atomic E-state index is 11.3. The molecule has 0 aliphatic carbocycles. The van der Waals surface area contributed by atoms with Gasteiger partial charge >= 0.3 is 0 Å². The van der Waals surface area contributed by atoms with E-state index in [4.69, 9.17) is 5.73 Å². The van der Waals surface area contributed by atoms with Gasteiger partial charge in [0, 0.05) is 0 Å². The van der Waals surface area contributed by atoms with Gasteiger partial charge in [0.05, 0.1) is 11.5 Å². The highest BCUT2D eigenvalue weighted by Gasteiger charge is 2.38. The average molecular weight is 191 g/mol. The van der Waals surface area contributed by atoms with Crippen molar-refractivity contribution < 1.29 is 8.42 Å². The molecular weight excluding hydrogens is 174 g/mol. The summed E-state index contributed by atoms with van der Waals surface area (Å²) in [4.78, 5) is 0. The molecule has 0 aromatic heterocycles. The minimum Gasteiger partial charge on any atom is -0.330 e. The minimum absolute atomic E-state index is 0.133. The number of hydrogen-bond acceptors (Lipinski definition) is 3. The van der Waals surface area contributed by atoms with E-state index in [-0.39, 0.29) is 5.41 Å². The van der Waals surface area contributed by atoms with E-state index in [1.807, 2.05) is 13.8 Å². The van der Waals surface area contributed by atoms with Crippen molar-refractivity contribution in [2.24, 2.45) is 17.1 Å². The second kappa shape index (κ2) is 3.00. The van der Waals surface area contributed by atoms with Gasteiger partial charge in [0.1, 0.15) is 0 Å². The minimum atomic E-state index is -2.79. The Kier molecular flexibility index (Phi) is 2.50. The van der Waals surface area contributed by atoms with Gasteiger partial charge in [-0.2, -0.15) is 0 Å². The van der Waals surface area contributed by atoms with E-state index in [2.05, 4.69) is 0 Å². The molecule has 0 aromatic rings. The largest absolute Gasteiger partial charge is 0.330 e. The fourth-order valence-corrected chi connectivity index (χ4v) is 4.06. The van der Waals surface area contributed by atoms with Crippen LogP contribution in [-0.2, 0) is 9.84 Å². The van der Waals surface area contributed by atoms with Crippen LogP contribution in [0.4, 0.5) is 0 Å². The van der Waals surface area contributed by atoms with Crippen molar-refractivity contribution in [3.8, 4) is 0 Å². The Balaban J connectivity index is 2.81. The second-order valence-corrected chi connectivity index (χ2v) is 6.49. The van der Waals surface area contributed by atoms with E-state index >= 15 is 0 Å². The number of sulfone groups is 1. The zero-order chi connectivity index (χ0) is 9.41. The van der Waals surface area contributed by atoms with Gasteiger partial charge < -0.3 is 5.73 Å². The molecule has 1 atom stereocenters. The van der Waals surface area contributed by atoms with E-state index in [0.29, 0.717) is 24.0 Å². The summed E-state index contributed by atoms with van der Waals surface area (Å²) >= 11 is 0. The lowest BCUT2D eigenvalue weighted by atomic mass is 9.78. The lowest BCUT2D eigenvalue weighted by molar-refractivity contribution is 0.232. The molecule has 4 heteroatoms. The van der Waals surface area contributed by atoms with Gasteiger partial charge in [0.15, 0.2) is 9.84 Å². The van der Waals surface area contributed by atoms with Gasteiger partial charge in [0.25, 0.3) is 0 Å². The van der Waals surface area contributed by atoms with Crippen LogP contribution in [0.5, 0.6) is 0 Å². The topological polar surface area (TPSA) is 60.2 Å². The molecule has 2 N–H and O–H groups in total. The van der Waals surface area contributed by atoms with Gasteiger partial charge in [-0.1, -0.05) is 13.8 Å². The van der Waals surface area contributed by atoms with E-state index in [0.717, 1.165) is 6.42 Å². The highest BCUT2D eigenvalue weighted by molar-refractivity contribution is 7.91. The van der Waals surface area contributed by atoms with Crippen molar-refractivity contribution in [1.82, 2.24) is 0 Å². The standard InChI is InChI=1S/C8H17NO2S/c1-8(2)6-12(10,11)4-3-7(8)5-9/h7H,3-6,9H2,1-2H3. The Hall–Kier alpha value is -0.0900. The van der Waals surface area contributed by atoms with Crippen LogP contribution >= 0.6 is 0 Å². The van der Waals surface area contributed by atoms with Crippen molar-refractivity contribution in [2.45, 2.75) is 20.3 Å². The lowest BCUT2D eigenvalue weighted by Gasteiger charge is -2.37. The molecule has 1 rings (SSSR count). The average Bonchev–Trinajstić information content (AvgIpc) is 1.83. The molecule has 3 nitrogen and oxygen atoms in total. The molecule has 0 aromatic carbocycles. The van der Waals surface area contributed by atoms with Crippen molar-refractivity contribution in [2.75, 3.05) is 18.1 Å². The van der Waals surface area contributed by atoms with Crippen molar-refractivity contribution in [3.63, 3.8) is 0 Å². The van der Waals surface area contributed by atoms with Crippen LogP contribution in [0, 0.1) is 11.3 Å². The van der Waals surface area contributed by atoms with Crippen molar-refractivity contribution in [1.29, 1.82) is 0 Å². The highest BCUT2D eigenvalue weighted by atomic mass is 32.2. The smallest absolute Gasteiger partial charge is 0.150 e. The molecule has 1 unspecified atom stereocenters. The van der Waals surface area contributed by atoms with E-state index < -0.39 is 9.84 Å². The van der Waals surface area contributed by atoms with Crippen molar-refractivity contribution in [3.05, 3.63) is 0 Å². The Morgan fingerprint density at radius 1 is 1.50 bits per heavy atom. The first-order valence-corrected chi connectivity index (χ1v) is 6.10. The summed E-state index contributed by atoms with van der Waals surface area (Å²) < 4.78 is 22.6. The van der Waals surface area contributed by atoms with Gasteiger partial charge in [-0.15, -0.1) is 0 Å². The Labute approximate surface area is 74.3 Å². The van der Waals surface area contributed by atoms with Crippen LogP contribution in [0.25, 0.3) is 0 Å². The molecule has 0 amide bonds. The lowest BCUT2D eigenvalue weighted by Crippen LogP contribution is -2.42. The molecule has 0 spiro atoms. The number of rotatable bonds is 1. The number of hydrogen-bond donors (Lipinski definition) is 1. The zero-order valence-corrected chi connectivity index (χ0v) is 8.52. The second-order valence-electron chi connectivity index (χ2n) is 4.30. The molecule has 1 aliphatic rings. The third-order valence-corrected chi connectivity index (χ3v) is 4.80. The van der Waals surface area contributed by atoms with Crippen LogP contribution in [0.2, 0.25) is 0 Å². The molecule has 1 saturated heterocycles. The van der Waals surface area contributed by atoms with Crippen molar-refractivity contribution >= 4 is 9.84 Å². The Morgan fingerprint density at radius 2 is 2.08 bits per heavy atom. The highest BCUT2D eigenvalue weighted by Crippen LogP contribution is 2.35. The summed E-state index contributed by atoms with van der Waals surface area (Å²) in [6.45, 7) is 4.57. The molecule has 0 radical (unpaired) electrons. The fourth-order valence-electron chi connectivity index (χ4n) is 1.91. The van der Waals surface area contributed by atoms with Crippen LogP contribution < -0.4 is 5.73 Å². The quantitative estimate of drug-likeness (QED) is 0.653. The summed E-state index contributed by atoms with van der Waals surface area (Å²) in [5.74, 6) is 0.973. The maximum absolute atomic E-state index is 11.3. The van der Waals surface area contributed by atoms with Gasteiger partial charge in [-0.05, 0) is 24.3 Å². The summed E-state index contributed by atoms with van der Waals surface area (Å²) in [5, 5.41) is 0. The molecule has 0 bridgehead atoms. The fraction of sp³-hybridized carbons (Fsp3) is 1.00. The van der Waals surface area contributed by atoms with Crippen LogP contribution in [0.3, 0.4) is 0 Å². The molecule has 1 aliphatic heterocycles. The molecule has 0 saturated carbocycles. The predicted molar refractivity (Wildman–Crippen MR) is 49.6 cm³/mol. The van der Waals surface area contributed by atoms with Gasteiger partial charge in [-0.3, -0.25) is 0 Å². The zero-order valence-electron chi connectivity index (χ0n) is 7.71. The van der Waals surface area contributed by atoms with Gasteiger partial charge in [-0.25, -0.2) is 8.42 Å². The third-order valence-electron chi connectivity index (χ3n) is 2.76. The molecular formula is C8H17NO2S. The third kappa shape index (κ3) is 1.98. The summed E-state index contributed by atoms with van der Waals surface area (Å²) in [5.41, 5.74) is 5.44. The maximum Gasteiger partial charge on any atom is 0.150 e. The van der Waals surface area contributed by atoms with Crippen LogP contribution in [-0.4, -0.2) is 26.5 Å². The van der Waals surface area contributed by atoms with Gasteiger partial charge in [0.2, 0.25) is 0 Å². The summed E-state index contributed by atoms with van der Waals surface area (Å²) in [7, 11) is -2.79. The normalized spacial score (nSPS) is 33.1. The van der Waals surface area contributed by atoms with E-state index in [9.17, 15) is 8.42 Å². The van der Waals surface area contributed by atoms with Crippen LogP contribution in [0.1, 0.15) is 20.3 Å². The molecule has 12 heavy (non-hydrogen) atoms. The SMILES string of the molecule is CC1(C)CS(=O)(=O)CCC1CN. The first-order valence-electron chi connectivity index (χ1n) is 4.28. The summed E-state index contributed by atoms with van der Waals surface area (Å²) in [6, 6.07) is 0. The van der Waals surface area contributed by atoms with E-state index in [1.54, 1.807) is 0 Å². The monoisotopic (exact) mass is 191 g/mol. The first-order chi connectivity index (χ1) is 5.37. The first kappa shape index (κ1) is 9.99.